The number of nitrogens with zero attached hydrogens (tertiary/aromatic N) is 3. The van der Waals surface area contributed by atoms with E-state index in [1.807, 2.05) is 6.07 Å². The lowest BCUT2D eigenvalue weighted by Gasteiger charge is -2.37. The van der Waals surface area contributed by atoms with E-state index in [-0.39, 0.29) is 5.71 Å². The van der Waals surface area contributed by atoms with Gasteiger partial charge in [-0.2, -0.15) is 0 Å². The van der Waals surface area contributed by atoms with Gasteiger partial charge in [-0.05, 0) is 281 Å². The minimum Gasteiger partial charge on any atom is -0.309 e. The predicted molar refractivity (Wildman–Crippen MR) is 560 cm³/mol. The van der Waals surface area contributed by atoms with Gasteiger partial charge in [0.2, 0.25) is 0 Å². The van der Waals surface area contributed by atoms with Crippen LogP contribution in [0.15, 0.2) is 508 Å². The summed E-state index contributed by atoms with van der Waals surface area (Å²) >= 11 is 4.75. The lowest BCUT2D eigenvalue weighted by molar-refractivity contribution is 0.745. The summed E-state index contributed by atoms with van der Waals surface area (Å²) in [6.45, 7) is 0. The number of anilines is 2. The molecule has 0 radical (unpaired) electrons. The summed E-state index contributed by atoms with van der Waals surface area (Å²) in [5, 5.41) is 12.5. The van der Waals surface area contributed by atoms with Gasteiger partial charge >= 0.3 is 0 Å². The highest BCUT2D eigenvalue weighted by Gasteiger charge is 2.54. The van der Waals surface area contributed by atoms with Crippen LogP contribution in [0, 0.1) is 5.41 Å². The summed E-state index contributed by atoms with van der Waals surface area (Å²) in [5.41, 5.74) is 46.2. The summed E-state index contributed by atoms with van der Waals surface area (Å²) in [4.78, 5) is 2.20. The fourth-order valence-electron chi connectivity index (χ4n) is 23.5. The molecule has 21 aromatic rings. The normalized spacial score (nSPS) is 13.9. The second-order valence-electron chi connectivity index (χ2n) is 36.0. The van der Waals surface area contributed by atoms with Crippen LogP contribution in [-0.2, 0) is 16.2 Å². The number of benzene rings is 20. The number of thiol groups is 1. The summed E-state index contributed by atoms with van der Waals surface area (Å²) < 4.78 is 7.13. The highest BCUT2D eigenvalue weighted by atomic mass is 32.1. The van der Waals surface area contributed by atoms with Gasteiger partial charge in [0.1, 0.15) is 5.71 Å². The molecule has 0 atom stereocenters. The SMILES string of the molecule is N=C1C(c2ccc(-n3c4ccc(-c5ccc(-c6ccc7c(c6)C6(c8ccccc8-c8ccccc86)c6ccccc6-7)cc5)cc4c4cc(-c5ccc(-c6ccc7c(c6)C6(c8ccccc8-c8ccccc86)c6ccccc6-7)cc5)ccc43)cc2)=CC=C(N(c2ccc(-c3ccccc3)cc2)c2ccc(-c3ccc(C(c4ccccc4)(c4ccccc4)c4ccccc4)cc3)cc2)/C1=N/S. The number of rotatable bonds is 15. The van der Waals surface area contributed by atoms with Crippen LogP contribution in [0.3, 0.4) is 0 Å². The number of fused-ring (bicyclic) bond motifs is 23. The molecule has 0 saturated heterocycles. The Morgan fingerprint density at radius 1 is 0.239 bits per heavy atom. The molecule has 5 heteroatoms. The maximum atomic E-state index is 10.2. The van der Waals surface area contributed by atoms with Crippen molar-refractivity contribution in [3.63, 3.8) is 0 Å². The van der Waals surface area contributed by atoms with Crippen molar-refractivity contribution < 1.29 is 0 Å². The summed E-state index contributed by atoms with van der Waals surface area (Å²) in [5.74, 6) is 0. The van der Waals surface area contributed by atoms with Crippen LogP contribution in [0.1, 0.15) is 72.3 Å². The van der Waals surface area contributed by atoms with Crippen molar-refractivity contribution in [2.24, 2.45) is 4.40 Å². The van der Waals surface area contributed by atoms with Gasteiger partial charge in [0.05, 0.1) is 38.7 Å². The molecular weight excluding hydrogens is 1640 g/mol. The zero-order valence-corrected chi connectivity index (χ0v) is 74.0. The maximum Gasteiger partial charge on any atom is 0.121 e. The molecular formula is C129H84N4S. The average Bonchev–Trinajstić information content (AvgIpc) is 1.51. The predicted octanol–water partition coefficient (Wildman–Crippen LogP) is 32.3. The smallest absolute Gasteiger partial charge is 0.121 e. The van der Waals surface area contributed by atoms with Gasteiger partial charge < -0.3 is 9.47 Å². The lowest BCUT2D eigenvalue weighted by atomic mass is 9.65. The molecule has 0 saturated carbocycles. The summed E-state index contributed by atoms with van der Waals surface area (Å²) in [7, 11) is 0. The van der Waals surface area contributed by atoms with Gasteiger partial charge in [0.25, 0.3) is 0 Å². The van der Waals surface area contributed by atoms with Gasteiger partial charge in [0.15, 0.2) is 0 Å². The summed E-state index contributed by atoms with van der Waals surface area (Å²) in [6.07, 6.45) is 4.17. The molecule has 134 heavy (non-hydrogen) atoms. The van der Waals surface area contributed by atoms with Crippen molar-refractivity contribution in [1.82, 2.24) is 4.57 Å². The number of aromatic nitrogens is 1. The molecule has 20 aromatic carbocycles. The fourth-order valence-corrected chi connectivity index (χ4v) is 23.7. The van der Waals surface area contributed by atoms with Crippen LogP contribution in [-0.4, -0.2) is 16.0 Å². The van der Waals surface area contributed by atoms with Crippen LogP contribution in [0.2, 0.25) is 0 Å². The Labute approximate surface area is 785 Å². The van der Waals surface area contributed by atoms with Gasteiger partial charge in [-0.15, -0.1) is 0 Å². The van der Waals surface area contributed by atoms with E-state index in [0.717, 1.165) is 100 Å². The van der Waals surface area contributed by atoms with Crippen molar-refractivity contribution in [2.75, 3.05) is 4.90 Å². The molecule has 1 N–H and O–H groups in total. The molecule has 0 amide bonds. The molecule has 0 fully saturated rings. The second-order valence-corrected chi connectivity index (χ2v) is 36.2. The second kappa shape index (κ2) is 31.2. The van der Waals surface area contributed by atoms with E-state index in [2.05, 4.69) is 501 Å². The average molecular weight is 1720 g/mol. The quantitative estimate of drug-likeness (QED) is 0.0600. The molecule has 26 rings (SSSR count). The minimum absolute atomic E-state index is 0.268. The molecule has 0 unspecified atom stereocenters. The molecule has 626 valence electrons. The van der Waals surface area contributed by atoms with Crippen molar-refractivity contribution in [3.8, 4) is 117 Å². The molecule has 1 heterocycles. The van der Waals surface area contributed by atoms with E-state index in [9.17, 15) is 5.41 Å². The maximum absolute atomic E-state index is 10.2. The van der Waals surface area contributed by atoms with E-state index in [1.165, 1.54) is 134 Å². The van der Waals surface area contributed by atoms with Crippen LogP contribution in [0.5, 0.6) is 0 Å². The Kier molecular flexibility index (Phi) is 18.2. The zero-order valence-electron chi connectivity index (χ0n) is 73.1. The van der Waals surface area contributed by atoms with Crippen LogP contribution >= 0.6 is 12.8 Å². The largest absolute Gasteiger partial charge is 0.309 e. The van der Waals surface area contributed by atoms with Crippen molar-refractivity contribution >= 4 is 63.0 Å². The lowest BCUT2D eigenvalue weighted by Crippen LogP contribution is -2.30. The Bertz CT molecular complexity index is 7920. The molecule has 2 spiro atoms. The Balaban J connectivity index is 0.554. The van der Waals surface area contributed by atoms with Crippen molar-refractivity contribution in [2.45, 2.75) is 16.2 Å². The highest BCUT2D eigenvalue weighted by Crippen LogP contribution is 2.66. The monoisotopic (exact) mass is 1720 g/mol. The first kappa shape index (κ1) is 78.2. The van der Waals surface area contributed by atoms with E-state index >= 15 is 0 Å². The Morgan fingerprint density at radius 2 is 0.507 bits per heavy atom. The molecule has 5 aliphatic rings. The van der Waals surface area contributed by atoms with E-state index in [4.69, 9.17) is 17.2 Å². The topological polar surface area (TPSA) is 44.4 Å². The first-order valence-corrected chi connectivity index (χ1v) is 46.6. The van der Waals surface area contributed by atoms with Gasteiger partial charge in [0, 0.05) is 33.4 Å². The Morgan fingerprint density at radius 3 is 0.866 bits per heavy atom. The highest BCUT2D eigenvalue weighted by molar-refractivity contribution is 7.79. The first-order valence-electron chi connectivity index (χ1n) is 46.2. The molecule has 0 bridgehead atoms. The standard InChI is InChI=1S/C129H84N4S/c130-125-103(75-78-124(126(125)131-134)132(100-67-55-85(56-68-100)83-25-5-1-6-26-83)101-69-57-86(58-70-101)84-53-65-99(66-54-84)127(96-27-7-2-8-28-96,97-29-9-3-10-30-97)98-31-11-4-12-32-98)91-59-71-102(72-60-91)133-122-76-63-92(87-45-49-89(50-46-87)94-61-73-110-108-37-17-23-43-118(108)128(120(110)81-94)114-39-19-13-33-104(114)105-34-14-20-40-115(105)128)79-112(122)113-80-93(64-77-123(113)133)88-47-51-90(52-48-88)95-62-74-111-109-38-18-24-44-119(109)129(121(111)82-95)116-41-21-15-35-106(116)107-36-16-22-42-117(107)129/h1-82,130,134H/b130-125?,131-126-. The van der Waals surface area contributed by atoms with Crippen molar-refractivity contribution in [1.29, 1.82) is 5.41 Å². The molecule has 1 aromatic heterocycles. The van der Waals surface area contributed by atoms with Crippen molar-refractivity contribution in [3.05, 3.63) is 575 Å². The molecule has 5 aliphatic carbocycles. The van der Waals surface area contributed by atoms with Gasteiger partial charge in [-0.25, -0.2) is 4.40 Å². The van der Waals surface area contributed by atoms with Crippen LogP contribution in [0.25, 0.3) is 144 Å². The number of nitrogens with one attached hydrogen (secondary N) is 1. The molecule has 4 nitrogen and oxygen atoms in total. The van der Waals surface area contributed by atoms with Gasteiger partial charge in [-0.3, -0.25) is 5.41 Å². The third-order valence-electron chi connectivity index (χ3n) is 29.4. The number of hydrogen-bond acceptors (Lipinski definition) is 4. The van der Waals surface area contributed by atoms with Gasteiger partial charge in [-0.1, -0.05) is 413 Å². The third kappa shape index (κ3) is 11.8. The van der Waals surface area contributed by atoms with E-state index in [0.29, 0.717) is 5.71 Å². The number of allylic oxidation sites excluding steroid dienone is 4. The van der Waals surface area contributed by atoms with Crippen LogP contribution in [0.4, 0.5) is 11.4 Å². The fraction of sp³-hybridized carbons (Fsp3) is 0.0233. The van der Waals surface area contributed by atoms with E-state index in [1.54, 1.807) is 0 Å². The Hall–Kier alpha value is -16.8. The third-order valence-corrected chi connectivity index (χ3v) is 29.6. The number of hydrogen-bond donors (Lipinski definition) is 2. The first-order chi connectivity index (χ1) is 66.3. The minimum atomic E-state index is -0.565. The van der Waals surface area contributed by atoms with Crippen LogP contribution < -0.4 is 4.90 Å². The summed E-state index contributed by atoms with van der Waals surface area (Å²) in [6, 6.07) is 179. The zero-order chi connectivity index (χ0) is 88.7. The van der Waals surface area contributed by atoms with E-state index < -0.39 is 16.2 Å². The molecule has 0 aliphatic heterocycles.